The maximum absolute atomic E-state index is 12.6. The fourth-order valence-corrected chi connectivity index (χ4v) is 4.02. The Morgan fingerprint density at radius 1 is 1.08 bits per heavy atom. The molecule has 0 aliphatic heterocycles. The fraction of sp³-hybridized carbons (Fsp3) is 0.188. The number of amides is 1. The van der Waals surface area contributed by atoms with Crippen LogP contribution in [-0.2, 0) is 14.8 Å². The van der Waals surface area contributed by atoms with Crippen LogP contribution in [0.1, 0.15) is 6.92 Å². The normalized spacial score (nSPS) is 12.5. The predicted octanol–water partition coefficient (Wildman–Crippen LogP) is 4.44. The Labute approximate surface area is 161 Å². The molecular weight excluding hydrogens is 407 g/mol. The lowest BCUT2D eigenvalue weighted by Gasteiger charge is -2.29. The van der Waals surface area contributed by atoms with Crippen molar-refractivity contribution in [1.29, 1.82) is 0 Å². The SMILES string of the molecule is C[C@@H](C(=O)Nc1ccccc1Cl)N(c1cc(Cl)ccc1Cl)S(C)(=O)=O. The number of sulfonamides is 1. The zero-order valence-corrected chi connectivity index (χ0v) is 16.4. The molecule has 2 aromatic carbocycles. The third kappa shape index (κ3) is 4.79. The van der Waals surface area contributed by atoms with Gasteiger partial charge >= 0.3 is 0 Å². The number of hydrogen-bond acceptors (Lipinski definition) is 3. The van der Waals surface area contributed by atoms with Crippen molar-refractivity contribution in [2.45, 2.75) is 13.0 Å². The zero-order chi connectivity index (χ0) is 18.8. The number of carbonyl (C=O) groups is 1. The first-order chi connectivity index (χ1) is 11.6. The lowest BCUT2D eigenvalue weighted by Crippen LogP contribution is -2.45. The molecule has 9 heteroatoms. The Bertz CT molecular complexity index is 903. The number of halogens is 3. The summed E-state index contributed by atoms with van der Waals surface area (Å²) in [6, 6.07) is 9.96. The van der Waals surface area contributed by atoms with Gasteiger partial charge in [-0.15, -0.1) is 0 Å². The van der Waals surface area contributed by atoms with Gasteiger partial charge in [-0.3, -0.25) is 9.10 Å². The molecule has 0 heterocycles. The van der Waals surface area contributed by atoms with Gasteiger partial charge in [0.25, 0.3) is 0 Å². The molecule has 5 nitrogen and oxygen atoms in total. The second kappa shape index (κ2) is 7.83. The van der Waals surface area contributed by atoms with Crippen LogP contribution in [0, 0.1) is 0 Å². The summed E-state index contributed by atoms with van der Waals surface area (Å²) in [4.78, 5) is 12.6. The van der Waals surface area contributed by atoms with E-state index in [-0.39, 0.29) is 10.7 Å². The van der Waals surface area contributed by atoms with Gasteiger partial charge in [0.2, 0.25) is 15.9 Å². The van der Waals surface area contributed by atoms with Crippen molar-refractivity contribution in [1.82, 2.24) is 0 Å². The molecule has 0 saturated heterocycles. The molecule has 0 aliphatic rings. The van der Waals surface area contributed by atoms with Crippen molar-refractivity contribution < 1.29 is 13.2 Å². The van der Waals surface area contributed by atoms with Gasteiger partial charge in [-0.05, 0) is 37.3 Å². The molecule has 0 fully saturated rings. The Kier molecular flexibility index (Phi) is 6.21. The molecule has 0 radical (unpaired) electrons. The number of carbonyl (C=O) groups excluding carboxylic acids is 1. The summed E-state index contributed by atoms with van der Waals surface area (Å²) in [7, 11) is -3.81. The van der Waals surface area contributed by atoms with E-state index in [4.69, 9.17) is 34.8 Å². The fourth-order valence-electron chi connectivity index (χ4n) is 2.24. The highest BCUT2D eigenvalue weighted by Crippen LogP contribution is 2.32. The molecule has 1 amide bonds. The Hall–Kier alpha value is -1.47. The van der Waals surface area contributed by atoms with E-state index in [1.54, 1.807) is 24.3 Å². The van der Waals surface area contributed by atoms with Gasteiger partial charge in [0, 0.05) is 5.02 Å². The molecule has 0 bridgehead atoms. The summed E-state index contributed by atoms with van der Waals surface area (Å²) in [5.41, 5.74) is 0.505. The molecular formula is C16H15Cl3N2O3S. The smallest absolute Gasteiger partial charge is 0.248 e. The Morgan fingerprint density at radius 2 is 1.72 bits per heavy atom. The Balaban J connectivity index is 2.40. The zero-order valence-electron chi connectivity index (χ0n) is 13.3. The van der Waals surface area contributed by atoms with Gasteiger partial charge in [-0.25, -0.2) is 8.42 Å². The molecule has 1 atom stereocenters. The average molecular weight is 422 g/mol. The van der Waals surface area contributed by atoms with Crippen LogP contribution in [0.3, 0.4) is 0 Å². The molecule has 0 aromatic heterocycles. The molecule has 0 spiro atoms. The summed E-state index contributed by atoms with van der Waals surface area (Å²) in [6.45, 7) is 1.45. The van der Waals surface area contributed by atoms with Crippen LogP contribution in [0.2, 0.25) is 15.1 Å². The van der Waals surface area contributed by atoms with E-state index >= 15 is 0 Å². The van der Waals surface area contributed by atoms with Crippen LogP contribution in [0.25, 0.3) is 0 Å². The molecule has 25 heavy (non-hydrogen) atoms. The number of para-hydroxylation sites is 1. The molecule has 2 aromatic rings. The maximum atomic E-state index is 12.6. The number of hydrogen-bond donors (Lipinski definition) is 1. The number of anilines is 2. The summed E-state index contributed by atoms with van der Waals surface area (Å²) in [5, 5.41) is 3.41. The van der Waals surface area contributed by atoms with Crippen molar-refractivity contribution in [3.63, 3.8) is 0 Å². The minimum Gasteiger partial charge on any atom is -0.323 e. The van der Waals surface area contributed by atoms with E-state index < -0.39 is 22.0 Å². The summed E-state index contributed by atoms with van der Waals surface area (Å²) < 4.78 is 25.5. The lowest BCUT2D eigenvalue weighted by atomic mass is 10.2. The minimum atomic E-state index is -3.81. The van der Waals surface area contributed by atoms with Crippen LogP contribution in [0.5, 0.6) is 0 Å². The van der Waals surface area contributed by atoms with E-state index in [2.05, 4.69) is 5.32 Å². The highest BCUT2D eigenvalue weighted by Gasteiger charge is 2.31. The molecule has 2 rings (SSSR count). The number of rotatable bonds is 5. The van der Waals surface area contributed by atoms with E-state index in [0.717, 1.165) is 10.6 Å². The topological polar surface area (TPSA) is 66.5 Å². The van der Waals surface area contributed by atoms with Gasteiger partial charge in [0.05, 0.1) is 27.7 Å². The first kappa shape index (κ1) is 19.8. The summed E-state index contributed by atoms with van der Waals surface area (Å²) in [5.74, 6) is -0.561. The van der Waals surface area contributed by atoms with Crippen LogP contribution >= 0.6 is 34.8 Å². The molecule has 134 valence electrons. The van der Waals surface area contributed by atoms with Crippen LogP contribution in [-0.4, -0.2) is 26.6 Å². The third-order valence-electron chi connectivity index (χ3n) is 3.37. The predicted molar refractivity (Wildman–Crippen MR) is 103 cm³/mol. The lowest BCUT2D eigenvalue weighted by molar-refractivity contribution is -0.116. The van der Waals surface area contributed by atoms with Crippen LogP contribution in [0.4, 0.5) is 11.4 Å². The van der Waals surface area contributed by atoms with Gasteiger partial charge in [0.15, 0.2) is 0 Å². The molecule has 0 unspecified atom stereocenters. The number of nitrogens with one attached hydrogen (secondary N) is 1. The van der Waals surface area contributed by atoms with Gasteiger partial charge in [-0.1, -0.05) is 46.9 Å². The number of benzene rings is 2. The Morgan fingerprint density at radius 3 is 2.32 bits per heavy atom. The maximum Gasteiger partial charge on any atom is 0.248 e. The van der Waals surface area contributed by atoms with Crippen molar-refractivity contribution in [3.05, 3.63) is 57.5 Å². The molecule has 0 aliphatic carbocycles. The molecule has 1 N–H and O–H groups in total. The quantitative estimate of drug-likeness (QED) is 0.776. The van der Waals surface area contributed by atoms with Crippen molar-refractivity contribution in [2.24, 2.45) is 0 Å². The van der Waals surface area contributed by atoms with E-state index in [1.807, 2.05) is 0 Å². The van der Waals surface area contributed by atoms with Gasteiger partial charge in [0.1, 0.15) is 6.04 Å². The second-order valence-corrected chi connectivity index (χ2v) is 8.41. The summed E-state index contributed by atoms with van der Waals surface area (Å²) in [6.07, 6.45) is 0.990. The minimum absolute atomic E-state index is 0.124. The van der Waals surface area contributed by atoms with E-state index in [9.17, 15) is 13.2 Å². The third-order valence-corrected chi connectivity index (χ3v) is 5.48. The van der Waals surface area contributed by atoms with Crippen molar-refractivity contribution in [3.8, 4) is 0 Å². The van der Waals surface area contributed by atoms with E-state index in [1.165, 1.54) is 25.1 Å². The largest absolute Gasteiger partial charge is 0.323 e. The first-order valence-corrected chi connectivity index (χ1v) is 10.1. The summed E-state index contributed by atoms with van der Waals surface area (Å²) >= 11 is 18.1. The van der Waals surface area contributed by atoms with Crippen molar-refractivity contribution >= 4 is 62.1 Å². The first-order valence-electron chi connectivity index (χ1n) is 7.11. The van der Waals surface area contributed by atoms with Crippen LogP contribution < -0.4 is 9.62 Å². The average Bonchev–Trinajstić information content (AvgIpc) is 2.51. The second-order valence-electron chi connectivity index (χ2n) is 5.30. The monoisotopic (exact) mass is 420 g/mol. The standard InChI is InChI=1S/C16H15Cl3N2O3S/c1-10(16(22)20-14-6-4-3-5-12(14)18)21(25(2,23)24)15-9-11(17)7-8-13(15)19/h3-10H,1-2H3,(H,20,22)/t10-/m0/s1. The van der Waals surface area contributed by atoms with Gasteiger partial charge in [-0.2, -0.15) is 0 Å². The van der Waals surface area contributed by atoms with Gasteiger partial charge < -0.3 is 5.32 Å². The van der Waals surface area contributed by atoms with E-state index in [0.29, 0.717) is 15.7 Å². The molecule has 0 saturated carbocycles. The highest BCUT2D eigenvalue weighted by atomic mass is 35.5. The van der Waals surface area contributed by atoms with Crippen LogP contribution in [0.15, 0.2) is 42.5 Å². The van der Waals surface area contributed by atoms with Crippen molar-refractivity contribution in [2.75, 3.05) is 15.9 Å². The number of nitrogens with zero attached hydrogens (tertiary/aromatic N) is 1. The highest BCUT2D eigenvalue weighted by molar-refractivity contribution is 7.92.